The van der Waals surface area contributed by atoms with Crippen LogP contribution in [-0.2, 0) is 0 Å². The monoisotopic (exact) mass is 288 g/mol. The van der Waals surface area contributed by atoms with E-state index in [2.05, 4.69) is 51.2 Å². The van der Waals surface area contributed by atoms with Crippen molar-refractivity contribution in [2.75, 3.05) is 13.2 Å². The molecule has 0 saturated heterocycles. The number of aryl methyl sites for hydroxylation is 3. The summed E-state index contributed by atoms with van der Waals surface area (Å²) in [4.78, 5) is 0. The van der Waals surface area contributed by atoms with Crippen molar-refractivity contribution in [1.82, 2.24) is 5.32 Å². The van der Waals surface area contributed by atoms with Gasteiger partial charge in [-0.2, -0.15) is 5.26 Å². The van der Waals surface area contributed by atoms with E-state index in [4.69, 9.17) is 4.74 Å². The Hall–Kier alpha value is -1.53. The highest BCUT2D eigenvalue weighted by atomic mass is 16.5. The molecule has 116 valence electrons. The van der Waals surface area contributed by atoms with Crippen LogP contribution in [0.15, 0.2) is 12.1 Å². The van der Waals surface area contributed by atoms with E-state index < -0.39 is 5.54 Å². The van der Waals surface area contributed by atoms with E-state index in [1.165, 1.54) is 16.7 Å². The topological polar surface area (TPSA) is 45.0 Å². The fraction of sp³-hybridized carbons (Fsp3) is 0.611. The standard InChI is InChI=1S/C18H28N2O/c1-6-18(13-19,20-7-2)9-8-10-21-17-15(4)11-14(3)12-16(17)5/h11-12,20H,6-10H2,1-5H3. The molecule has 0 aliphatic rings. The lowest BCUT2D eigenvalue weighted by Crippen LogP contribution is -2.43. The van der Waals surface area contributed by atoms with E-state index in [1.54, 1.807) is 0 Å². The van der Waals surface area contributed by atoms with Crippen molar-refractivity contribution in [2.45, 2.75) is 59.4 Å². The summed E-state index contributed by atoms with van der Waals surface area (Å²) in [6, 6.07) is 6.72. The Bertz CT molecular complexity index is 481. The van der Waals surface area contributed by atoms with Gasteiger partial charge in [0.1, 0.15) is 11.3 Å². The summed E-state index contributed by atoms with van der Waals surface area (Å²) in [5.41, 5.74) is 3.22. The molecule has 0 aromatic heterocycles. The molecule has 0 fully saturated rings. The SMILES string of the molecule is CCNC(C#N)(CC)CCCOc1c(C)cc(C)cc1C. The number of nitrogens with zero attached hydrogens (tertiary/aromatic N) is 1. The van der Waals surface area contributed by atoms with Crippen LogP contribution in [0.4, 0.5) is 0 Å². The van der Waals surface area contributed by atoms with Crippen molar-refractivity contribution >= 4 is 0 Å². The first-order valence-corrected chi connectivity index (χ1v) is 7.85. The highest BCUT2D eigenvalue weighted by Gasteiger charge is 2.25. The Morgan fingerprint density at radius 1 is 1.19 bits per heavy atom. The van der Waals surface area contributed by atoms with Gasteiger partial charge in [-0.3, -0.25) is 5.32 Å². The van der Waals surface area contributed by atoms with E-state index in [0.717, 1.165) is 31.6 Å². The molecule has 0 heterocycles. The van der Waals surface area contributed by atoms with Gasteiger partial charge in [0.2, 0.25) is 0 Å². The number of benzene rings is 1. The van der Waals surface area contributed by atoms with Crippen LogP contribution in [0.3, 0.4) is 0 Å². The molecule has 0 aliphatic heterocycles. The van der Waals surface area contributed by atoms with Crippen LogP contribution in [0.2, 0.25) is 0 Å². The Morgan fingerprint density at radius 3 is 2.29 bits per heavy atom. The van der Waals surface area contributed by atoms with Gasteiger partial charge in [0.05, 0.1) is 12.7 Å². The van der Waals surface area contributed by atoms with Gasteiger partial charge in [0, 0.05) is 0 Å². The molecule has 1 atom stereocenters. The van der Waals surface area contributed by atoms with Crippen LogP contribution in [0, 0.1) is 32.1 Å². The molecular weight excluding hydrogens is 260 g/mol. The van der Waals surface area contributed by atoms with Crippen LogP contribution >= 0.6 is 0 Å². The van der Waals surface area contributed by atoms with Gasteiger partial charge >= 0.3 is 0 Å². The molecule has 1 unspecified atom stereocenters. The van der Waals surface area contributed by atoms with Crippen LogP contribution in [0.25, 0.3) is 0 Å². The average Bonchev–Trinajstić information content (AvgIpc) is 2.44. The van der Waals surface area contributed by atoms with Crippen molar-refractivity contribution in [3.63, 3.8) is 0 Å². The molecule has 0 aliphatic carbocycles. The molecule has 0 amide bonds. The maximum Gasteiger partial charge on any atom is 0.125 e. The van der Waals surface area contributed by atoms with Gasteiger partial charge in [-0.15, -0.1) is 0 Å². The minimum Gasteiger partial charge on any atom is -0.493 e. The van der Waals surface area contributed by atoms with Gasteiger partial charge in [-0.25, -0.2) is 0 Å². The van der Waals surface area contributed by atoms with Crippen LogP contribution in [0.1, 0.15) is 49.8 Å². The predicted octanol–water partition coefficient (Wildman–Crippen LogP) is 4.05. The highest BCUT2D eigenvalue weighted by Crippen LogP contribution is 2.25. The van der Waals surface area contributed by atoms with E-state index >= 15 is 0 Å². The largest absolute Gasteiger partial charge is 0.493 e. The molecule has 0 spiro atoms. The number of ether oxygens (including phenoxy) is 1. The van der Waals surface area contributed by atoms with Crippen molar-refractivity contribution in [3.05, 3.63) is 28.8 Å². The lowest BCUT2D eigenvalue weighted by atomic mass is 9.92. The average molecular weight is 288 g/mol. The minimum absolute atomic E-state index is 0.407. The van der Waals surface area contributed by atoms with E-state index in [1.807, 2.05) is 6.92 Å². The first kappa shape index (κ1) is 17.5. The highest BCUT2D eigenvalue weighted by molar-refractivity contribution is 5.42. The molecule has 3 nitrogen and oxygen atoms in total. The second-order valence-electron chi connectivity index (χ2n) is 5.76. The Balaban J connectivity index is 2.57. The zero-order valence-electron chi connectivity index (χ0n) is 14.0. The quantitative estimate of drug-likeness (QED) is 0.734. The third kappa shape index (κ3) is 4.75. The third-order valence-electron chi connectivity index (χ3n) is 3.93. The summed E-state index contributed by atoms with van der Waals surface area (Å²) in [5.74, 6) is 0.989. The van der Waals surface area contributed by atoms with Crippen LogP contribution < -0.4 is 10.1 Å². The molecule has 0 bridgehead atoms. The molecule has 1 N–H and O–H groups in total. The van der Waals surface area contributed by atoms with Gasteiger partial charge in [-0.1, -0.05) is 31.5 Å². The number of hydrogen-bond donors (Lipinski definition) is 1. The molecule has 0 radical (unpaired) electrons. The summed E-state index contributed by atoms with van der Waals surface area (Å²) in [7, 11) is 0. The summed E-state index contributed by atoms with van der Waals surface area (Å²) in [6.45, 7) is 11.8. The first-order chi connectivity index (χ1) is 9.98. The molecule has 1 aromatic carbocycles. The summed E-state index contributed by atoms with van der Waals surface area (Å²) in [5, 5.41) is 12.7. The number of nitrogens with one attached hydrogen (secondary N) is 1. The van der Waals surface area contributed by atoms with Crippen molar-refractivity contribution in [2.24, 2.45) is 0 Å². The Morgan fingerprint density at radius 2 is 1.81 bits per heavy atom. The second kappa shape index (κ2) is 8.05. The van der Waals surface area contributed by atoms with Crippen molar-refractivity contribution in [1.29, 1.82) is 5.26 Å². The first-order valence-electron chi connectivity index (χ1n) is 7.85. The molecule has 0 saturated carbocycles. The van der Waals surface area contributed by atoms with E-state index in [0.29, 0.717) is 6.61 Å². The predicted molar refractivity (Wildman–Crippen MR) is 87.7 cm³/mol. The summed E-state index contributed by atoms with van der Waals surface area (Å²) in [6.07, 6.45) is 2.51. The smallest absolute Gasteiger partial charge is 0.125 e. The van der Waals surface area contributed by atoms with Gasteiger partial charge in [-0.05, 0) is 57.7 Å². The zero-order chi connectivity index (χ0) is 15.9. The maximum atomic E-state index is 9.39. The Labute approximate surface area is 129 Å². The van der Waals surface area contributed by atoms with Gasteiger partial charge in [0.15, 0.2) is 0 Å². The van der Waals surface area contributed by atoms with Crippen molar-refractivity contribution in [3.8, 4) is 11.8 Å². The molecule has 21 heavy (non-hydrogen) atoms. The number of rotatable bonds is 8. The molecule has 3 heteroatoms. The van der Waals surface area contributed by atoms with Crippen LogP contribution in [0.5, 0.6) is 5.75 Å². The number of nitriles is 1. The lowest BCUT2D eigenvalue weighted by molar-refractivity contribution is 0.275. The normalized spacial score (nSPS) is 13.5. The van der Waals surface area contributed by atoms with Gasteiger partial charge < -0.3 is 4.74 Å². The zero-order valence-corrected chi connectivity index (χ0v) is 14.0. The molecular formula is C18H28N2O. The maximum absolute atomic E-state index is 9.39. The Kier molecular flexibility index (Phi) is 6.71. The fourth-order valence-corrected chi connectivity index (χ4v) is 2.85. The summed E-state index contributed by atoms with van der Waals surface area (Å²) >= 11 is 0. The molecule has 1 rings (SSSR count). The summed E-state index contributed by atoms with van der Waals surface area (Å²) < 4.78 is 5.95. The van der Waals surface area contributed by atoms with E-state index in [-0.39, 0.29) is 0 Å². The molecule has 1 aromatic rings. The number of hydrogen-bond acceptors (Lipinski definition) is 3. The van der Waals surface area contributed by atoms with Gasteiger partial charge in [0.25, 0.3) is 0 Å². The second-order valence-corrected chi connectivity index (χ2v) is 5.76. The third-order valence-corrected chi connectivity index (χ3v) is 3.93. The van der Waals surface area contributed by atoms with Crippen molar-refractivity contribution < 1.29 is 4.74 Å². The van der Waals surface area contributed by atoms with E-state index in [9.17, 15) is 5.26 Å². The minimum atomic E-state index is -0.407. The lowest BCUT2D eigenvalue weighted by Gasteiger charge is -2.26. The van der Waals surface area contributed by atoms with Crippen LogP contribution in [-0.4, -0.2) is 18.7 Å². The fourth-order valence-electron chi connectivity index (χ4n) is 2.85.